The molecular formula is C11H17N3S. The number of fused-ring (bicyclic) bond motifs is 1. The van der Waals surface area contributed by atoms with E-state index in [9.17, 15) is 0 Å². The predicted octanol–water partition coefficient (Wildman–Crippen LogP) is 2.01. The van der Waals surface area contributed by atoms with E-state index >= 15 is 0 Å². The molecule has 0 unspecified atom stereocenters. The summed E-state index contributed by atoms with van der Waals surface area (Å²) < 4.78 is 0. The van der Waals surface area contributed by atoms with Gasteiger partial charge in [-0.05, 0) is 24.3 Å². The van der Waals surface area contributed by atoms with Gasteiger partial charge in [0.1, 0.15) is 11.6 Å². The fourth-order valence-electron chi connectivity index (χ4n) is 1.75. The zero-order valence-corrected chi connectivity index (χ0v) is 10.1. The van der Waals surface area contributed by atoms with Crippen LogP contribution in [0.2, 0.25) is 0 Å². The van der Waals surface area contributed by atoms with Crippen LogP contribution in [-0.4, -0.2) is 21.5 Å². The van der Waals surface area contributed by atoms with Gasteiger partial charge in [-0.1, -0.05) is 13.8 Å². The van der Waals surface area contributed by atoms with Gasteiger partial charge in [0, 0.05) is 11.5 Å². The zero-order chi connectivity index (χ0) is 10.8. The quantitative estimate of drug-likeness (QED) is 0.791. The molecule has 1 aliphatic rings. The summed E-state index contributed by atoms with van der Waals surface area (Å²) in [4.78, 5) is 9.01. The van der Waals surface area contributed by atoms with E-state index in [1.807, 2.05) is 11.8 Å². The Kier molecular flexibility index (Phi) is 3.14. The first-order valence-electron chi connectivity index (χ1n) is 5.41. The number of nitrogens with two attached hydrogens (primary N) is 1. The van der Waals surface area contributed by atoms with Crippen molar-refractivity contribution in [3.05, 3.63) is 17.1 Å². The molecule has 0 saturated heterocycles. The number of aryl methyl sites for hydroxylation is 1. The number of aromatic nitrogens is 2. The minimum atomic E-state index is 0.355. The lowest BCUT2D eigenvalue weighted by molar-refractivity contribution is 0.755. The van der Waals surface area contributed by atoms with Crippen molar-refractivity contribution in [1.82, 2.24) is 9.97 Å². The molecule has 0 aliphatic carbocycles. The maximum Gasteiger partial charge on any atom is 0.133 e. The normalized spacial score (nSPS) is 16.2. The Labute approximate surface area is 94.9 Å². The second kappa shape index (κ2) is 4.39. The van der Waals surface area contributed by atoms with Gasteiger partial charge >= 0.3 is 0 Å². The van der Waals surface area contributed by atoms with E-state index in [-0.39, 0.29) is 0 Å². The van der Waals surface area contributed by atoms with E-state index < -0.39 is 0 Å². The van der Waals surface area contributed by atoms with Crippen LogP contribution < -0.4 is 5.73 Å². The van der Waals surface area contributed by atoms with E-state index in [1.54, 1.807) is 0 Å². The highest BCUT2D eigenvalue weighted by molar-refractivity contribution is 7.99. The van der Waals surface area contributed by atoms with Crippen molar-refractivity contribution < 1.29 is 0 Å². The molecule has 2 rings (SSSR count). The highest BCUT2D eigenvalue weighted by Crippen LogP contribution is 2.24. The molecule has 2 heterocycles. The fourth-order valence-corrected chi connectivity index (χ4v) is 2.64. The molecule has 0 radical (unpaired) electrons. The second-order valence-electron chi connectivity index (χ2n) is 4.16. The molecule has 1 aliphatic heterocycles. The first kappa shape index (κ1) is 10.7. The fraction of sp³-hybridized carbons (Fsp3) is 0.636. The third-order valence-electron chi connectivity index (χ3n) is 2.64. The SMILES string of the molecule is CC(C)c1nc(N)c2c(n1)CCSCC2. The highest BCUT2D eigenvalue weighted by Gasteiger charge is 2.16. The lowest BCUT2D eigenvalue weighted by Gasteiger charge is -2.11. The van der Waals surface area contributed by atoms with Crippen LogP contribution in [0, 0.1) is 0 Å². The molecule has 0 amide bonds. The number of anilines is 1. The van der Waals surface area contributed by atoms with Crippen LogP contribution in [0.1, 0.15) is 36.8 Å². The summed E-state index contributed by atoms with van der Waals surface area (Å²) in [6, 6.07) is 0. The molecule has 1 aromatic rings. The summed E-state index contributed by atoms with van der Waals surface area (Å²) in [5.74, 6) is 4.24. The van der Waals surface area contributed by atoms with Crippen LogP contribution in [-0.2, 0) is 12.8 Å². The summed E-state index contributed by atoms with van der Waals surface area (Å²) in [6.07, 6.45) is 2.05. The number of nitrogen functional groups attached to an aromatic ring is 1. The average Bonchev–Trinajstić information content (AvgIpc) is 2.42. The Hall–Kier alpha value is -0.770. The van der Waals surface area contributed by atoms with Crippen LogP contribution in [0.5, 0.6) is 0 Å². The number of hydrogen-bond donors (Lipinski definition) is 1. The summed E-state index contributed by atoms with van der Waals surface area (Å²) in [6.45, 7) is 4.21. The molecule has 4 heteroatoms. The minimum Gasteiger partial charge on any atom is -0.383 e. The Bertz CT molecular complexity index is 363. The van der Waals surface area contributed by atoms with Gasteiger partial charge in [-0.2, -0.15) is 11.8 Å². The highest BCUT2D eigenvalue weighted by atomic mass is 32.2. The van der Waals surface area contributed by atoms with Gasteiger partial charge < -0.3 is 5.73 Å². The van der Waals surface area contributed by atoms with Crippen molar-refractivity contribution in [3.63, 3.8) is 0 Å². The van der Waals surface area contributed by atoms with Gasteiger partial charge in [0.15, 0.2) is 0 Å². The number of thioether (sulfide) groups is 1. The number of nitrogens with zero attached hydrogens (tertiary/aromatic N) is 2. The largest absolute Gasteiger partial charge is 0.383 e. The summed E-state index contributed by atoms with van der Waals surface area (Å²) in [5, 5.41) is 0. The van der Waals surface area contributed by atoms with Crippen molar-refractivity contribution in [2.45, 2.75) is 32.6 Å². The van der Waals surface area contributed by atoms with Crippen LogP contribution >= 0.6 is 11.8 Å². The van der Waals surface area contributed by atoms with Crippen molar-refractivity contribution in [3.8, 4) is 0 Å². The monoisotopic (exact) mass is 223 g/mol. The Balaban J connectivity index is 2.44. The van der Waals surface area contributed by atoms with Crippen molar-refractivity contribution in [1.29, 1.82) is 0 Å². The maximum absolute atomic E-state index is 5.99. The maximum atomic E-state index is 5.99. The van der Waals surface area contributed by atoms with Gasteiger partial charge in [-0.25, -0.2) is 9.97 Å². The van der Waals surface area contributed by atoms with Gasteiger partial charge in [-0.15, -0.1) is 0 Å². The topological polar surface area (TPSA) is 51.8 Å². The third kappa shape index (κ3) is 2.25. The Morgan fingerprint density at radius 1 is 1.20 bits per heavy atom. The lowest BCUT2D eigenvalue weighted by atomic mass is 10.1. The van der Waals surface area contributed by atoms with E-state index in [1.165, 1.54) is 11.3 Å². The van der Waals surface area contributed by atoms with E-state index in [0.29, 0.717) is 11.7 Å². The molecule has 15 heavy (non-hydrogen) atoms. The van der Waals surface area contributed by atoms with Gasteiger partial charge in [-0.3, -0.25) is 0 Å². The molecule has 3 nitrogen and oxygen atoms in total. The van der Waals surface area contributed by atoms with Crippen LogP contribution in [0.25, 0.3) is 0 Å². The molecular weight excluding hydrogens is 206 g/mol. The van der Waals surface area contributed by atoms with Crippen LogP contribution in [0.15, 0.2) is 0 Å². The molecule has 0 atom stereocenters. The van der Waals surface area contributed by atoms with Crippen LogP contribution in [0.4, 0.5) is 5.82 Å². The lowest BCUT2D eigenvalue weighted by Crippen LogP contribution is -2.10. The molecule has 82 valence electrons. The van der Waals surface area contributed by atoms with E-state index in [2.05, 4.69) is 23.8 Å². The molecule has 0 saturated carbocycles. The second-order valence-corrected chi connectivity index (χ2v) is 5.38. The molecule has 0 fully saturated rings. The molecule has 1 aromatic heterocycles. The standard InChI is InChI=1S/C11H17N3S/c1-7(2)11-13-9-4-6-15-5-3-8(9)10(12)14-11/h7H,3-6H2,1-2H3,(H2,12,13,14). The van der Waals surface area contributed by atoms with Gasteiger partial charge in [0.2, 0.25) is 0 Å². The van der Waals surface area contributed by atoms with Crippen molar-refractivity contribution in [2.24, 2.45) is 0 Å². The molecule has 0 spiro atoms. The smallest absolute Gasteiger partial charge is 0.133 e. The van der Waals surface area contributed by atoms with Crippen molar-refractivity contribution >= 4 is 17.6 Å². The molecule has 0 aromatic carbocycles. The van der Waals surface area contributed by atoms with E-state index in [0.717, 1.165) is 30.2 Å². The first-order chi connectivity index (χ1) is 7.18. The third-order valence-corrected chi connectivity index (χ3v) is 3.62. The molecule has 2 N–H and O–H groups in total. The van der Waals surface area contributed by atoms with Gasteiger partial charge in [0.05, 0.1) is 5.69 Å². The number of hydrogen-bond acceptors (Lipinski definition) is 4. The zero-order valence-electron chi connectivity index (χ0n) is 9.29. The number of rotatable bonds is 1. The summed E-state index contributed by atoms with van der Waals surface area (Å²) >= 11 is 1.97. The minimum absolute atomic E-state index is 0.355. The summed E-state index contributed by atoms with van der Waals surface area (Å²) in [7, 11) is 0. The predicted molar refractivity (Wildman–Crippen MR) is 65.3 cm³/mol. The Morgan fingerprint density at radius 3 is 2.67 bits per heavy atom. The summed E-state index contributed by atoms with van der Waals surface area (Å²) in [5.41, 5.74) is 8.35. The average molecular weight is 223 g/mol. The Morgan fingerprint density at radius 2 is 1.93 bits per heavy atom. The first-order valence-corrected chi connectivity index (χ1v) is 6.57. The van der Waals surface area contributed by atoms with Crippen molar-refractivity contribution in [2.75, 3.05) is 17.2 Å². The van der Waals surface area contributed by atoms with E-state index in [4.69, 9.17) is 5.73 Å². The molecule has 0 bridgehead atoms. The van der Waals surface area contributed by atoms with Gasteiger partial charge in [0.25, 0.3) is 0 Å². The van der Waals surface area contributed by atoms with Crippen LogP contribution in [0.3, 0.4) is 0 Å².